The molecular formula is C31H24N2O6S. The van der Waals surface area contributed by atoms with Gasteiger partial charge in [-0.2, -0.15) is 0 Å². The molecule has 0 saturated carbocycles. The van der Waals surface area contributed by atoms with Crippen molar-refractivity contribution in [3.63, 3.8) is 0 Å². The number of esters is 1. The van der Waals surface area contributed by atoms with E-state index < -0.39 is 17.9 Å². The van der Waals surface area contributed by atoms with Crippen LogP contribution >= 0.6 is 11.3 Å². The second-order valence-electron chi connectivity index (χ2n) is 9.22. The van der Waals surface area contributed by atoms with Gasteiger partial charge in [-0.3, -0.25) is 14.5 Å². The van der Waals surface area contributed by atoms with E-state index in [1.54, 1.807) is 50.2 Å². The average molecular weight is 553 g/mol. The van der Waals surface area contributed by atoms with Crippen molar-refractivity contribution in [1.82, 2.24) is 4.98 Å². The van der Waals surface area contributed by atoms with Crippen LogP contribution in [0, 0.1) is 6.92 Å². The first-order chi connectivity index (χ1) is 19.5. The number of nitrogens with zero attached hydrogens (tertiary/aromatic N) is 2. The zero-order chi connectivity index (χ0) is 27.8. The molecule has 1 amide bonds. The van der Waals surface area contributed by atoms with Gasteiger partial charge >= 0.3 is 5.97 Å². The molecule has 1 aliphatic rings. The molecule has 40 heavy (non-hydrogen) atoms. The smallest absolute Gasteiger partial charge is 0.350 e. The van der Waals surface area contributed by atoms with E-state index in [0.717, 1.165) is 16.9 Å². The van der Waals surface area contributed by atoms with E-state index in [-0.39, 0.29) is 28.5 Å². The van der Waals surface area contributed by atoms with Crippen LogP contribution in [0.5, 0.6) is 5.75 Å². The molecule has 5 aromatic rings. The Balaban J connectivity index is 1.43. The quantitative estimate of drug-likeness (QED) is 0.226. The maximum atomic E-state index is 13.8. The van der Waals surface area contributed by atoms with E-state index in [1.807, 2.05) is 42.5 Å². The van der Waals surface area contributed by atoms with Crippen molar-refractivity contribution in [3.05, 3.63) is 122 Å². The Morgan fingerprint density at radius 3 is 2.48 bits per heavy atom. The summed E-state index contributed by atoms with van der Waals surface area (Å²) in [6, 6.07) is 23.1. The van der Waals surface area contributed by atoms with Crippen molar-refractivity contribution >= 4 is 39.3 Å². The zero-order valence-corrected chi connectivity index (χ0v) is 22.6. The Kier molecular flexibility index (Phi) is 6.65. The lowest BCUT2D eigenvalue weighted by Gasteiger charge is -2.22. The molecule has 9 heteroatoms. The summed E-state index contributed by atoms with van der Waals surface area (Å²) in [6.07, 6.45) is 0. The predicted octanol–water partition coefficient (Wildman–Crippen LogP) is 6.06. The first-order valence-electron chi connectivity index (χ1n) is 12.8. The number of fused-ring (bicyclic) bond motifs is 2. The zero-order valence-electron chi connectivity index (χ0n) is 21.7. The van der Waals surface area contributed by atoms with Gasteiger partial charge in [-0.25, -0.2) is 9.78 Å². The van der Waals surface area contributed by atoms with Crippen LogP contribution in [0.15, 0.2) is 88.1 Å². The summed E-state index contributed by atoms with van der Waals surface area (Å²) >= 11 is 1.05. The highest BCUT2D eigenvalue weighted by Gasteiger charge is 2.45. The van der Waals surface area contributed by atoms with Crippen LogP contribution in [0.4, 0.5) is 5.13 Å². The van der Waals surface area contributed by atoms with Crippen LogP contribution in [0.25, 0.3) is 11.0 Å². The second-order valence-corrected chi connectivity index (χ2v) is 10.2. The third-order valence-electron chi connectivity index (χ3n) is 6.67. The van der Waals surface area contributed by atoms with E-state index >= 15 is 0 Å². The lowest BCUT2D eigenvalue weighted by Crippen LogP contribution is -2.29. The second kappa shape index (κ2) is 10.4. The Bertz CT molecular complexity index is 1790. The van der Waals surface area contributed by atoms with E-state index in [0.29, 0.717) is 39.5 Å². The summed E-state index contributed by atoms with van der Waals surface area (Å²) in [4.78, 5) is 46.4. The summed E-state index contributed by atoms with van der Waals surface area (Å²) in [5.41, 5.74) is 2.41. The molecule has 6 rings (SSSR count). The maximum Gasteiger partial charge on any atom is 0.350 e. The summed E-state index contributed by atoms with van der Waals surface area (Å²) in [7, 11) is 0. The van der Waals surface area contributed by atoms with E-state index in [1.165, 1.54) is 4.90 Å². The van der Waals surface area contributed by atoms with Crippen LogP contribution in [-0.4, -0.2) is 23.5 Å². The Morgan fingerprint density at radius 1 is 1.00 bits per heavy atom. The first-order valence-corrected chi connectivity index (χ1v) is 13.6. The molecule has 0 radical (unpaired) electrons. The van der Waals surface area contributed by atoms with Crippen molar-refractivity contribution in [2.75, 3.05) is 11.5 Å². The SMILES string of the molecule is CCOC(=O)c1sc(N2C(=O)c3oc4ccccc4c(=O)c3C2c2ccc(OCc3ccccc3)cc2)nc1C. The molecule has 0 aliphatic carbocycles. The first kappa shape index (κ1) is 25.5. The molecule has 0 saturated heterocycles. The van der Waals surface area contributed by atoms with Gasteiger partial charge < -0.3 is 13.9 Å². The number of anilines is 1. The fourth-order valence-electron chi connectivity index (χ4n) is 4.79. The minimum Gasteiger partial charge on any atom is -0.489 e. The van der Waals surface area contributed by atoms with Crippen molar-refractivity contribution in [1.29, 1.82) is 0 Å². The van der Waals surface area contributed by atoms with E-state index in [2.05, 4.69) is 4.98 Å². The molecule has 1 atom stereocenters. The van der Waals surface area contributed by atoms with Gasteiger partial charge in [0, 0.05) is 0 Å². The largest absolute Gasteiger partial charge is 0.489 e. The van der Waals surface area contributed by atoms with Gasteiger partial charge in [-0.1, -0.05) is 65.9 Å². The molecule has 1 aliphatic heterocycles. The molecule has 8 nitrogen and oxygen atoms in total. The number of aryl methyl sites for hydroxylation is 1. The average Bonchev–Trinajstić information content (AvgIpc) is 3.50. The molecule has 0 spiro atoms. The highest BCUT2D eigenvalue weighted by Crippen LogP contribution is 2.43. The number of ether oxygens (including phenoxy) is 2. The topological polar surface area (TPSA) is 98.9 Å². The molecule has 3 aromatic carbocycles. The number of carbonyl (C=O) groups is 2. The van der Waals surface area contributed by atoms with Crippen molar-refractivity contribution in [2.24, 2.45) is 0 Å². The lowest BCUT2D eigenvalue weighted by molar-refractivity contribution is 0.0531. The van der Waals surface area contributed by atoms with Gasteiger partial charge in [-0.05, 0) is 49.2 Å². The van der Waals surface area contributed by atoms with Crippen LogP contribution in [-0.2, 0) is 11.3 Å². The molecule has 200 valence electrons. The summed E-state index contributed by atoms with van der Waals surface area (Å²) in [5.74, 6) is -0.409. The monoisotopic (exact) mass is 552 g/mol. The third kappa shape index (κ3) is 4.44. The molecule has 3 heterocycles. The fourth-order valence-corrected chi connectivity index (χ4v) is 5.78. The minimum atomic E-state index is -0.813. The number of hydrogen-bond acceptors (Lipinski definition) is 8. The number of aromatic nitrogens is 1. The molecule has 0 bridgehead atoms. The number of amides is 1. The molecule has 1 unspecified atom stereocenters. The van der Waals surface area contributed by atoms with Gasteiger partial charge in [-0.15, -0.1) is 0 Å². The molecule has 0 fully saturated rings. The van der Waals surface area contributed by atoms with Crippen molar-refractivity contribution in [3.8, 4) is 5.75 Å². The highest BCUT2D eigenvalue weighted by atomic mass is 32.1. The van der Waals surface area contributed by atoms with Crippen LogP contribution in [0.3, 0.4) is 0 Å². The minimum absolute atomic E-state index is 0.0383. The van der Waals surface area contributed by atoms with Crippen LogP contribution < -0.4 is 15.1 Å². The summed E-state index contributed by atoms with van der Waals surface area (Å²) in [5, 5.41) is 0.654. The highest BCUT2D eigenvalue weighted by molar-refractivity contribution is 7.17. The van der Waals surface area contributed by atoms with Gasteiger partial charge in [0.15, 0.2) is 10.6 Å². The van der Waals surface area contributed by atoms with Gasteiger partial charge in [0.25, 0.3) is 5.91 Å². The van der Waals surface area contributed by atoms with Gasteiger partial charge in [0.05, 0.1) is 29.3 Å². The Hall–Kier alpha value is -4.76. The van der Waals surface area contributed by atoms with E-state index in [9.17, 15) is 14.4 Å². The van der Waals surface area contributed by atoms with Gasteiger partial charge in [0.2, 0.25) is 5.76 Å². The lowest BCUT2D eigenvalue weighted by atomic mass is 9.98. The normalized spacial score (nSPS) is 14.4. The number of thiazole rings is 1. The van der Waals surface area contributed by atoms with E-state index in [4.69, 9.17) is 13.9 Å². The predicted molar refractivity (Wildman–Crippen MR) is 151 cm³/mol. The number of hydrogen-bond donors (Lipinski definition) is 0. The summed E-state index contributed by atoms with van der Waals surface area (Å²) < 4.78 is 17.1. The van der Waals surface area contributed by atoms with Crippen LogP contribution in [0.1, 0.15) is 55.6 Å². The molecule has 0 N–H and O–H groups in total. The third-order valence-corrected chi connectivity index (χ3v) is 7.81. The van der Waals surface area contributed by atoms with Crippen molar-refractivity contribution < 1.29 is 23.5 Å². The number of rotatable bonds is 7. The Labute approximate surface area is 233 Å². The Morgan fingerprint density at radius 2 is 1.73 bits per heavy atom. The standard InChI is InChI=1S/C31H24N2O6S/c1-3-37-30(36)28-18(2)32-31(40-28)33-25(20-13-15-21(16-14-20)38-17-19-9-5-4-6-10-19)24-26(34)22-11-7-8-12-23(22)39-27(24)29(33)35/h4-16,25H,3,17H2,1-2H3. The maximum absolute atomic E-state index is 13.8. The van der Waals surface area contributed by atoms with Crippen LogP contribution in [0.2, 0.25) is 0 Å². The summed E-state index contributed by atoms with van der Waals surface area (Å²) in [6.45, 7) is 4.03. The molecular weight excluding hydrogens is 528 g/mol. The fraction of sp³-hybridized carbons (Fsp3) is 0.161. The molecule has 2 aromatic heterocycles. The van der Waals surface area contributed by atoms with Gasteiger partial charge in [0.1, 0.15) is 22.8 Å². The number of carbonyl (C=O) groups excluding carboxylic acids is 2. The number of para-hydroxylation sites is 1. The number of benzene rings is 3. The van der Waals surface area contributed by atoms with Crippen molar-refractivity contribution in [2.45, 2.75) is 26.5 Å².